The van der Waals surface area contributed by atoms with E-state index in [-0.39, 0.29) is 16.7 Å². The molecule has 0 radical (unpaired) electrons. The van der Waals surface area contributed by atoms with Gasteiger partial charge < -0.3 is 10.6 Å². The Bertz CT molecular complexity index is 2020. The van der Waals surface area contributed by atoms with Gasteiger partial charge in [-0.25, -0.2) is 9.97 Å². The highest BCUT2D eigenvalue weighted by molar-refractivity contribution is 7.22. The van der Waals surface area contributed by atoms with Crippen LogP contribution in [0.5, 0.6) is 0 Å². The zero-order valence-corrected chi connectivity index (χ0v) is 28.2. The molecule has 0 bridgehead atoms. The highest BCUT2D eigenvalue weighted by Gasteiger charge is 2.14. The van der Waals surface area contributed by atoms with E-state index in [9.17, 15) is 9.59 Å². The third-order valence-corrected chi connectivity index (χ3v) is 9.84. The van der Waals surface area contributed by atoms with E-state index in [1.165, 1.54) is 22.4 Å². The molecule has 0 saturated heterocycles. The Kier molecular flexibility index (Phi) is 9.37. The SMILES string of the molecule is CNc1cc(C)c(NC(=O)c2ccc(C(C)=O)c(Cl)c2)cc1C.Cc1nc2cc3sc(-c4ccc(C)c(Cl)c4)nc3cc2s1. The standard InChI is InChI=1S/C18H19ClN2O2.C16H11ClN2S2/c1-10-8-17(11(2)7-16(10)20-4)21-18(23)13-5-6-14(12(3)22)15(19)9-13;1-8-3-4-10(5-11(8)17)16-19-13-7-14-12(6-15(13)21-16)18-9(2)20-14/h5-9,20H,1-4H3,(H,21,23);3-7H,1-2H3. The lowest BCUT2D eigenvalue weighted by Gasteiger charge is -2.13. The fourth-order valence-corrected chi connectivity index (χ4v) is 6.98. The predicted molar refractivity (Wildman–Crippen MR) is 188 cm³/mol. The number of aryl methyl sites for hydroxylation is 4. The van der Waals surface area contributed by atoms with Gasteiger partial charge in [-0.3, -0.25) is 9.59 Å². The summed E-state index contributed by atoms with van der Waals surface area (Å²) in [4.78, 5) is 33.1. The second-order valence-electron chi connectivity index (χ2n) is 10.4. The molecule has 0 aliphatic heterocycles. The fourth-order valence-electron chi connectivity index (χ4n) is 4.67. The van der Waals surface area contributed by atoms with Gasteiger partial charge in [0, 0.05) is 40.1 Å². The molecule has 0 aliphatic rings. The monoisotopic (exact) mass is 660 g/mol. The molecule has 2 aromatic heterocycles. The third-order valence-electron chi connectivity index (χ3n) is 7.12. The van der Waals surface area contributed by atoms with Crippen molar-refractivity contribution < 1.29 is 9.59 Å². The van der Waals surface area contributed by atoms with E-state index in [1.807, 2.05) is 59.0 Å². The number of amides is 1. The van der Waals surface area contributed by atoms with Crippen molar-refractivity contribution in [2.75, 3.05) is 17.7 Å². The Labute approximate surface area is 274 Å². The molecule has 10 heteroatoms. The van der Waals surface area contributed by atoms with Crippen LogP contribution in [-0.4, -0.2) is 28.7 Å². The first-order chi connectivity index (χ1) is 20.9. The van der Waals surface area contributed by atoms with Crippen molar-refractivity contribution in [3.63, 3.8) is 0 Å². The Hall–Kier alpha value is -3.82. The van der Waals surface area contributed by atoms with Gasteiger partial charge in [-0.2, -0.15) is 0 Å². The van der Waals surface area contributed by atoms with Crippen LogP contribution in [0.1, 0.15) is 49.3 Å². The average molecular weight is 662 g/mol. The molecule has 224 valence electrons. The Morgan fingerprint density at radius 1 is 0.727 bits per heavy atom. The van der Waals surface area contributed by atoms with E-state index < -0.39 is 0 Å². The lowest BCUT2D eigenvalue weighted by atomic mass is 10.1. The zero-order valence-electron chi connectivity index (χ0n) is 25.1. The number of ketones is 1. The Morgan fingerprint density at radius 3 is 2.05 bits per heavy atom. The van der Waals surface area contributed by atoms with Gasteiger partial charge in [0.25, 0.3) is 5.91 Å². The van der Waals surface area contributed by atoms with E-state index in [4.69, 9.17) is 28.2 Å². The number of hydrogen-bond acceptors (Lipinski definition) is 7. The molecule has 44 heavy (non-hydrogen) atoms. The largest absolute Gasteiger partial charge is 0.388 e. The summed E-state index contributed by atoms with van der Waals surface area (Å²) in [6, 6.07) is 18.9. The van der Waals surface area contributed by atoms with E-state index in [2.05, 4.69) is 33.8 Å². The Balaban J connectivity index is 0.000000175. The molecule has 0 aliphatic carbocycles. The lowest BCUT2D eigenvalue weighted by molar-refractivity contribution is 0.101. The molecule has 6 nitrogen and oxygen atoms in total. The van der Waals surface area contributed by atoms with E-state index in [1.54, 1.807) is 34.8 Å². The van der Waals surface area contributed by atoms with Gasteiger partial charge in [-0.15, -0.1) is 22.7 Å². The van der Waals surface area contributed by atoms with Crippen molar-refractivity contribution in [3.05, 3.63) is 104 Å². The minimum atomic E-state index is -0.262. The van der Waals surface area contributed by atoms with Gasteiger partial charge in [0.2, 0.25) is 0 Å². The number of benzene rings is 4. The first-order valence-electron chi connectivity index (χ1n) is 13.8. The molecule has 2 N–H and O–H groups in total. The molecule has 6 rings (SSSR count). The van der Waals surface area contributed by atoms with Crippen molar-refractivity contribution in [2.24, 2.45) is 0 Å². The topological polar surface area (TPSA) is 84.0 Å². The molecule has 0 fully saturated rings. The fraction of sp³-hybridized carbons (Fsp3) is 0.176. The van der Waals surface area contributed by atoms with Crippen molar-refractivity contribution in [3.8, 4) is 10.6 Å². The maximum atomic E-state index is 12.4. The summed E-state index contributed by atoms with van der Waals surface area (Å²) in [6.45, 7) is 9.39. The number of nitrogens with one attached hydrogen (secondary N) is 2. The first kappa shape index (κ1) is 31.6. The quantitative estimate of drug-likeness (QED) is 0.180. The van der Waals surface area contributed by atoms with Crippen LogP contribution in [0.2, 0.25) is 10.0 Å². The number of carbonyl (C=O) groups is 2. The van der Waals surface area contributed by atoms with Crippen LogP contribution < -0.4 is 10.6 Å². The minimum absolute atomic E-state index is 0.129. The van der Waals surface area contributed by atoms with Gasteiger partial charge in [0.05, 0.1) is 30.5 Å². The molecule has 0 saturated carbocycles. The molecule has 6 aromatic rings. The summed E-state index contributed by atoms with van der Waals surface area (Å²) in [5, 5.41) is 9.15. The van der Waals surface area contributed by atoms with Crippen LogP contribution >= 0.6 is 45.9 Å². The number of carbonyl (C=O) groups excluding carboxylic acids is 2. The van der Waals surface area contributed by atoms with Crippen LogP contribution in [0.3, 0.4) is 0 Å². The third kappa shape index (κ3) is 6.79. The number of halogens is 2. The number of nitrogens with zero attached hydrogens (tertiary/aromatic N) is 2. The van der Waals surface area contributed by atoms with Crippen LogP contribution in [0, 0.1) is 27.7 Å². The molecule has 2 heterocycles. The van der Waals surface area contributed by atoms with Crippen LogP contribution in [0.4, 0.5) is 11.4 Å². The molecule has 0 unspecified atom stereocenters. The number of anilines is 2. The normalized spacial score (nSPS) is 10.9. The molecule has 0 spiro atoms. The van der Waals surface area contributed by atoms with Crippen LogP contribution in [0.25, 0.3) is 31.0 Å². The second kappa shape index (κ2) is 13.0. The van der Waals surface area contributed by atoms with Gasteiger partial charge in [-0.1, -0.05) is 35.3 Å². The Morgan fingerprint density at radius 2 is 1.39 bits per heavy atom. The number of rotatable bonds is 5. The van der Waals surface area contributed by atoms with Gasteiger partial charge >= 0.3 is 0 Å². The minimum Gasteiger partial charge on any atom is -0.388 e. The summed E-state index contributed by atoms with van der Waals surface area (Å²) in [5.74, 6) is -0.391. The average Bonchev–Trinajstić information content (AvgIpc) is 3.56. The van der Waals surface area contributed by atoms with Gasteiger partial charge in [0.1, 0.15) is 5.01 Å². The van der Waals surface area contributed by atoms with E-state index in [0.717, 1.165) is 59.7 Å². The summed E-state index contributed by atoms with van der Waals surface area (Å²) < 4.78 is 2.36. The van der Waals surface area contributed by atoms with Crippen molar-refractivity contribution in [2.45, 2.75) is 34.6 Å². The molecule has 0 atom stereocenters. The number of Topliss-reactive ketones (excluding diaryl/α,β-unsaturated/α-hetero) is 1. The second-order valence-corrected chi connectivity index (χ2v) is 13.5. The highest BCUT2D eigenvalue weighted by atomic mass is 35.5. The maximum Gasteiger partial charge on any atom is 0.255 e. The molecule has 4 aromatic carbocycles. The van der Waals surface area contributed by atoms with Gasteiger partial charge in [-0.05, 0) is 99.8 Å². The number of hydrogen-bond donors (Lipinski definition) is 2. The van der Waals surface area contributed by atoms with Crippen molar-refractivity contribution >= 4 is 89.4 Å². The van der Waals surface area contributed by atoms with Crippen molar-refractivity contribution in [1.82, 2.24) is 9.97 Å². The zero-order chi connectivity index (χ0) is 31.7. The van der Waals surface area contributed by atoms with Crippen LogP contribution in [-0.2, 0) is 0 Å². The highest BCUT2D eigenvalue weighted by Crippen LogP contribution is 2.35. The summed E-state index contributed by atoms with van der Waals surface area (Å²) >= 11 is 15.7. The lowest BCUT2D eigenvalue weighted by Crippen LogP contribution is -2.13. The van der Waals surface area contributed by atoms with Crippen LogP contribution in [0.15, 0.2) is 60.7 Å². The van der Waals surface area contributed by atoms with E-state index in [0.29, 0.717) is 11.1 Å². The summed E-state index contributed by atoms with van der Waals surface area (Å²) in [5.41, 5.74) is 8.83. The predicted octanol–water partition coefficient (Wildman–Crippen LogP) is 10.3. The number of fused-ring (bicyclic) bond motifs is 2. The van der Waals surface area contributed by atoms with Crippen molar-refractivity contribution in [1.29, 1.82) is 0 Å². The smallest absolute Gasteiger partial charge is 0.255 e. The van der Waals surface area contributed by atoms with Gasteiger partial charge in [0.15, 0.2) is 5.78 Å². The first-order valence-corrected chi connectivity index (χ1v) is 16.2. The summed E-state index contributed by atoms with van der Waals surface area (Å²) in [6.07, 6.45) is 0. The maximum absolute atomic E-state index is 12.4. The van der Waals surface area contributed by atoms with E-state index >= 15 is 0 Å². The molecular formula is C34H30Cl2N4O2S2. The summed E-state index contributed by atoms with van der Waals surface area (Å²) in [7, 11) is 1.86. The molecule has 1 amide bonds. The number of thiazole rings is 2. The molecular weight excluding hydrogens is 631 g/mol. The number of aromatic nitrogens is 2.